The predicted molar refractivity (Wildman–Crippen MR) is 94.6 cm³/mol. The number of carbonyl (C=O) groups is 2. The molecule has 0 spiro atoms. The lowest BCUT2D eigenvalue weighted by Crippen LogP contribution is -2.38. The van der Waals surface area contributed by atoms with Crippen molar-refractivity contribution < 1.29 is 14.3 Å². The van der Waals surface area contributed by atoms with Crippen molar-refractivity contribution in [3.63, 3.8) is 0 Å². The molecular weight excluding hydrogens is 318 g/mol. The largest absolute Gasteiger partial charge is 0.497 e. The summed E-state index contributed by atoms with van der Waals surface area (Å²) in [6.45, 7) is 2.47. The van der Waals surface area contributed by atoms with Gasteiger partial charge in [0.25, 0.3) is 5.91 Å². The van der Waals surface area contributed by atoms with Crippen molar-refractivity contribution in [2.75, 3.05) is 33.3 Å². The zero-order valence-corrected chi connectivity index (χ0v) is 14.4. The number of hydrogen-bond donors (Lipinski definition) is 1. The summed E-state index contributed by atoms with van der Waals surface area (Å²) < 4.78 is 5.21. The Bertz CT molecular complexity index is 727. The maximum atomic E-state index is 12.6. The lowest BCUT2D eigenvalue weighted by atomic mass is 10.1. The minimum absolute atomic E-state index is 0.00732. The quantitative estimate of drug-likeness (QED) is 0.924. The Morgan fingerprint density at radius 2 is 1.88 bits per heavy atom. The van der Waals surface area contributed by atoms with Gasteiger partial charge in [0.1, 0.15) is 11.4 Å². The number of benzene rings is 1. The van der Waals surface area contributed by atoms with E-state index in [-0.39, 0.29) is 11.8 Å². The molecule has 0 unspecified atom stereocenters. The van der Waals surface area contributed by atoms with Gasteiger partial charge in [0, 0.05) is 32.4 Å². The predicted octanol–water partition coefficient (Wildman–Crippen LogP) is 1.94. The van der Waals surface area contributed by atoms with E-state index in [2.05, 4.69) is 4.98 Å². The fourth-order valence-electron chi connectivity index (χ4n) is 3.07. The first-order valence-electron chi connectivity index (χ1n) is 8.51. The molecule has 2 heterocycles. The number of H-pyrrole nitrogens is 1. The minimum atomic E-state index is -0.00732. The molecule has 6 heteroatoms. The molecule has 6 nitrogen and oxygen atoms in total. The first kappa shape index (κ1) is 17.1. The van der Waals surface area contributed by atoms with E-state index in [0.29, 0.717) is 38.3 Å². The van der Waals surface area contributed by atoms with E-state index in [9.17, 15) is 9.59 Å². The normalized spacial score (nSPS) is 14.9. The highest BCUT2D eigenvalue weighted by molar-refractivity contribution is 5.92. The fourth-order valence-corrected chi connectivity index (χ4v) is 3.07. The molecule has 0 aliphatic carbocycles. The van der Waals surface area contributed by atoms with Crippen LogP contribution in [0.3, 0.4) is 0 Å². The molecule has 0 saturated carbocycles. The Hall–Kier alpha value is -2.76. The van der Waals surface area contributed by atoms with Crippen molar-refractivity contribution in [3.05, 3.63) is 53.9 Å². The number of amides is 2. The lowest BCUT2D eigenvalue weighted by molar-refractivity contribution is -0.130. The van der Waals surface area contributed by atoms with Gasteiger partial charge in [0.2, 0.25) is 5.91 Å². The zero-order chi connectivity index (χ0) is 17.6. The lowest BCUT2D eigenvalue weighted by Gasteiger charge is -2.22. The summed E-state index contributed by atoms with van der Waals surface area (Å²) in [6.07, 6.45) is 2.88. The third kappa shape index (κ3) is 4.21. The summed E-state index contributed by atoms with van der Waals surface area (Å²) in [4.78, 5) is 31.6. The average molecular weight is 341 g/mol. The van der Waals surface area contributed by atoms with Crippen LogP contribution in [0.25, 0.3) is 0 Å². The highest BCUT2D eigenvalue weighted by Crippen LogP contribution is 2.15. The second-order valence-electron chi connectivity index (χ2n) is 6.14. The first-order valence-corrected chi connectivity index (χ1v) is 8.51. The maximum Gasteiger partial charge on any atom is 0.270 e. The van der Waals surface area contributed by atoms with Crippen LogP contribution in [-0.4, -0.2) is 59.9 Å². The first-order chi connectivity index (χ1) is 12.2. The van der Waals surface area contributed by atoms with Crippen molar-refractivity contribution in [1.29, 1.82) is 0 Å². The Kier molecular flexibility index (Phi) is 5.38. The van der Waals surface area contributed by atoms with Crippen molar-refractivity contribution >= 4 is 11.8 Å². The van der Waals surface area contributed by atoms with Gasteiger partial charge in [-0.05, 0) is 36.2 Å². The van der Waals surface area contributed by atoms with E-state index in [1.54, 1.807) is 19.4 Å². The summed E-state index contributed by atoms with van der Waals surface area (Å²) in [7, 11) is 1.62. The molecule has 0 bridgehead atoms. The van der Waals surface area contributed by atoms with Gasteiger partial charge in [-0.15, -0.1) is 0 Å². The van der Waals surface area contributed by atoms with Crippen LogP contribution in [-0.2, 0) is 11.2 Å². The van der Waals surface area contributed by atoms with Crippen LogP contribution in [0.15, 0.2) is 42.6 Å². The van der Waals surface area contributed by atoms with Crippen LogP contribution in [0.2, 0.25) is 0 Å². The van der Waals surface area contributed by atoms with Crippen molar-refractivity contribution in [1.82, 2.24) is 14.8 Å². The van der Waals surface area contributed by atoms with Crippen LogP contribution in [0, 0.1) is 0 Å². The topological polar surface area (TPSA) is 65.6 Å². The van der Waals surface area contributed by atoms with Crippen molar-refractivity contribution in [3.8, 4) is 5.75 Å². The van der Waals surface area contributed by atoms with E-state index < -0.39 is 0 Å². The van der Waals surface area contributed by atoms with Gasteiger partial charge in [-0.25, -0.2) is 0 Å². The molecule has 1 N–H and O–H groups in total. The summed E-state index contributed by atoms with van der Waals surface area (Å²) in [5, 5.41) is 0. The standard InChI is InChI=1S/C19H23N3O3/c1-25-16-6-2-5-15(13-16)14-18(23)21-9-4-10-22(12-11-21)19(24)17-7-3-8-20-17/h2-3,5-8,13,20H,4,9-12,14H2,1H3. The van der Waals surface area contributed by atoms with Gasteiger partial charge in [-0.3, -0.25) is 9.59 Å². The van der Waals surface area contributed by atoms with Crippen molar-refractivity contribution in [2.24, 2.45) is 0 Å². The SMILES string of the molecule is COc1cccc(CC(=O)N2CCCN(C(=O)c3ccc[nH]3)CC2)c1. The average Bonchev–Trinajstić information content (AvgIpc) is 3.05. The molecule has 1 aliphatic heterocycles. The van der Waals surface area contributed by atoms with Gasteiger partial charge in [-0.1, -0.05) is 12.1 Å². The Morgan fingerprint density at radius 1 is 1.08 bits per heavy atom. The molecule has 1 fully saturated rings. The molecule has 2 aromatic rings. The maximum absolute atomic E-state index is 12.6. The number of rotatable bonds is 4. The van der Waals surface area contributed by atoms with Crippen LogP contribution < -0.4 is 4.74 Å². The number of hydrogen-bond acceptors (Lipinski definition) is 3. The zero-order valence-electron chi connectivity index (χ0n) is 14.4. The minimum Gasteiger partial charge on any atom is -0.497 e. The molecule has 0 radical (unpaired) electrons. The Morgan fingerprint density at radius 3 is 2.64 bits per heavy atom. The van der Waals surface area contributed by atoms with Crippen LogP contribution >= 0.6 is 0 Å². The van der Waals surface area contributed by atoms with Crippen LogP contribution in [0.5, 0.6) is 5.75 Å². The summed E-state index contributed by atoms with van der Waals surface area (Å²) >= 11 is 0. The van der Waals surface area contributed by atoms with Gasteiger partial charge in [0.15, 0.2) is 0 Å². The molecule has 2 amide bonds. The molecule has 1 aromatic carbocycles. The summed E-state index contributed by atoms with van der Waals surface area (Å²) in [5.41, 5.74) is 1.53. The third-order valence-electron chi connectivity index (χ3n) is 4.45. The van der Waals surface area contributed by atoms with E-state index in [4.69, 9.17) is 4.74 Å². The van der Waals surface area contributed by atoms with Gasteiger partial charge >= 0.3 is 0 Å². The van der Waals surface area contributed by atoms with E-state index in [0.717, 1.165) is 17.7 Å². The molecule has 25 heavy (non-hydrogen) atoms. The number of carbonyl (C=O) groups excluding carboxylic acids is 2. The van der Waals surface area contributed by atoms with Gasteiger partial charge in [0.05, 0.1) is 13.5 Å². The number of nitrogens with zero attached hydrogens (tertiary/aromatic N) is 2. The molecular formula is C19H23N3O3. The van der Waals surface area contributed by atoms with Gasteiger partial charge in [-0.2, -0.15) is 0 Å². The summed E-state index contributed by atoms with van der Waals surface area (Å²) in [6, 6.07) is 11.2. The Labute approximate surface area is 147 Å². The molecule has 1 aromatic heterocycles. The van der Waals surface area contributed by atoms with Crippen LogP contribution in [0.1, 0.15) is 22.5 Å². The number of aromatic amines is 1. The highest BCUT2D eigenvalue weighted by Gasteiger charge is 2.23. The molecule has 132 valence electrons. The van der Waals surface area contributed by atoms with E-state index in [1.165, 1.54) is 0 Å². The molecule has 1 aliphatic rings. The monoisotopic (exact) mass is 341 g/mol. The van der Waals surface area contributed by atoms with Crippen LogP contribution in [0.4, 0.5) is 0 Å². The second-order valence-corrected chi connectivity index (χ2v) is 6.14. The number of methoxy groups -OCH3 is 1. The second kappa shape index (κ2) is 7.88. The molecule has 1 saturated heterocycles. The van der Waals surface area contributed by atoms with E-state index in [1.807, 2.05) is 40.1 Å². The number of ether oxygens (including phenoxy) is 1. The summed E-state index contributed by atoms with van der Waals surface area (Å²) in [5.74, 6) is 0.832. The van der Waals surface area contributed by atoms with Gasteiger partial charge < -0.3 is 19.5 Å². The third-order valence-corrected chi connectivity index (χ3v) is 4.45. The van der Waals surface area contributed by atoms with Crippen molar-refractivity contribution in [2.45, 2.75) is 12.8 Å². The smallest absolute Gasteiger partial charge is 0.270 e. The van der Waals surface area contributed by atoms with E-state index >= 15 is 0 Å². The highest BCUT2D eigenvalue weighted by atomic mass is 16.5. The Balaban J connectivity index is 1.58. The molecule has 0 atom stereocenters. The number of aromatic nitrogens is 1. The number of nitrogens with one attached hydrogen (secondary N) is 1. The fraction of sp³-hybridized carbons (Fsp3) is 0.368. The molecule has 3 rings (SSSR count).